The van der Waals surface area contributed by atoms with Crippen molar-refractivity contribution in [3.05, 3.63) is 12.2 Å². The summed E-state index contributed by atoms with van der Waals surface area (Å²) in [5.41, 5.74) is 1.86. The predicted molar refractivity (Wildman–Crippen MR) is 49.6 cm³/mol. The molecule has 11 heavy (non-hydrogen) atoms. The van der Waals surface area contributed by atoms with Gasteiger partial charge in [-0.15, -0.1) is 0 Å². The van der Waals surface area contributed by atoms with Crippen molar-refractivity contribution >= 4 is 0 Å². The van der Waals surface area contributed by atoms with Gasteiger partial charge in [-0.25, -0.2) is 0 Å². The molecule has 64 valence electrons. The average Bonchev–Trinajstić information content (AvgIpc) is 2.54. The van der Waals surface area contributed by atoms with Crippen LogP contribution in [0.15, 0.2) is 12.2 Å². The summed E-state index contributed by atoms with van der Waals surface area (Å²) in [6.45, 7) is 11.7. The van der Waals surface area contributed by atoms with E-state index in [4.69, 9.17) is 0 Å². The number of hydrogen-bond donors (Lipinski definition) is 1. The van der Waals surface area contributed by atoms with Crippen LogP contribution in [0.3, 0.4) is 0 Å². The number of hydrogen-bond acceptors (Lipinski definition) is 1. The minimum atomic E-state index is 0.550. The highest BCUT2D eigenvalue weighted by Crippen LogP contribution is 2.44. The molecule has 0 heterocycles. The number of rotatable bonds is 4. The molecule has 0 saturated heterocycles. The van der Waals surface area contributed by atoms with Crippen LogP contribution in [0.4, 0.5) is 0 Å². The van der Waals surface area contributed by atoms with Crippen molar-refractivity contribution in [3.63, 3.8) is 0 Å². The second-order valence-electron chi connectivity index (χ2n) is 4.23. The maximum atomic E-state index is 3.96. The van der Waals surface area contributed by atoms with Gasteiger partial charge in [0.25, 0.3) is 0 Å². The molecule has 0 aliphatic heterocycles. The Hall–Kier alpha value is -0.300. The highest BCUT2D eigenvalue weighted by Gasteiger charge is 2.44. The van der Waals surface area contributed by atoms with E-state index in [-0.39, 0.29) is 0 Å². The average molecular weight is 153 g/mol. The molecule has 1 heteroatoms. The van der Waals surface area contributed by atoms with Crippen LogP contribution < -0.4 is 5.32 Å². The molecule has 1 atom stereocenters. The van der Waals surface area contributed by atoms with Crippen LogP contribution in [-0.4, -0.2) is 12.6 Å². The summed E-state index contributed by atoms with van der Waals surface area (Å²) in [6.07, 6.45) is 2.42. The third kappa shape index (κ3) is 2.33. The summed E-state index contributed by atoms with van der Waals surface area (Å²) in [5.74, 6) is 0. The summed E-state index contributed by atoms with van der Waals surface area (Å²) < 4.78 is 0. The molecule has 0 spiro atoms. The van der Waals surface area contributed by atoms with Crippen LogP contribution in [0, 0.1) is 5.41 Å². The zero-order valence-corrected chi connectivity index (χ0v) is 7.91. The van der Waals surface area contributed by atoms with Gasteiger partial charge in [0.1, 0.15) is 0 Å². The molecule has 0 aromatic carbocycles. The van der Waals surface area contributed by atoms with E-state index in [1.165, 1.54) is 12.0 Å². The Morgan fingerprint density at radius 1 is 1.64 bits per heavy atom. The van der Waals surface area contributed by atoms with Gasteiger partial charge in [0.05, 0.1) is 0 Å². The summed E-state index contributed by atoms with van der Waals surface area (Å²) in [4.78, 5) is 0. The van der Waals surface area contributed by atoms with Gasteiger partial charge in [0.15, 0.2) is 0 Å². The first-order chi connectivity index (χ1) is 5.06. The molecule has 1 saturated carbocycles. The van der Waals surface area contributed by atoms with Crippen LogP contribution in [-0.2, 0) is 0 Å². The lowest BCUT2D eigenvalue weighted by Crippen LogP contribution is -2.22. The Balaban J connectivity index is 2.11. The molecule has 1 rings (SSSR count). The van der Waals surface area contributed by atoms with Gasteiger partial charge in [0, 0.05) is 12.6 Å². The fourth-order valence-electron chi connectivity index (χ4n) is 1.21. The first kappa shape index (κ1) is 8.79. The summed E-state index contributed by atoms with van der Waals surface area (Å²) in [5, 5.41) is 3.50. The summed E-state index contributed by atoms with van der Waals surface area (Å²) >= 11 is 0. The fraction of sp³-hybridized carbons (Fsp3) is 0.800. The van der Waals surface area contributed by atoms with Crippen molar-refractivity contribution < 1.29 is 0 Å². The van der Waals surface area contributed by atoms with Gasteiger partial charge in [-0.2, -0.15) is 0 Å². The van der Waals surface area contributed by atoms with Crippen LogP contribution in [0.2, 0.25) is 0 Å². The second kappa shape index (κ2) is 2.98. The molecular formula is C10H19N. The van der Waals surface area contributed by atoms with Crippen molar-refractivity contribution in [2.75, 3.05) is 6.54 Å². The monoisotopic (exact) mass is 153 g/mol. The zero-order chi connectivity index (χ0) is 8.48. The largest absolute Gasteiger partial charge is 0.310 e. The highest BCUT2D eigenvalue weighted by atomic mass is 15.0. The zero-order valence-electron chi connectivity index (χ0n) is 7.91. The van der Waals surface area contributed by atoms with Crippen molar-refractivity contribution in [1.82, 2.24) is 5.32 Å². The standard InChI is InChI=1S/C10H19N/c1-5-8(2)7-11-9-6-10(9,3)4/h9,11H,2,5-7H2,1,3-4H3. The molecule has 1 aliphatic rings. The molecule has 0 amide bonds. The van der Waals surface area contributed by atoms with Gasteiger partial charge in [-0.05, 0) is 18.3 Å². The maximum absolute atomic E-state index is 3.96. The van der Waals surface area contributed by atoms with Crippen LogP contribution in [0.1, 0.15) is 33.6 Å². The van der Waals surface area contributed by atoms with Crippen molar-refractivity contribution in [2.45, 2.75) is 39.7 Å². The molecule has 0 aromatic heterocycles. The fourth-order valence-corrected chi connectivity index (χ4v) is 1.21. The third-order valence-corrected chi connectivity index (χ3v) is 2.61. The summed E-state index contributed by atoms with van der Waals surface area (Å²) in [7, 11) is 0. The van der Waals surface area contributed by atoms with Gasteiger partial charge >= 0.3 is 0 Å². The third-order valence-electron chi connectivity index (χ3n) is 2.61. The van der Waals surface area contributed by atoms with Crippen LogP contribution in [0.5, 0.6) is 0 Å². The molecule has 0 bridgehead atoms. The van der Waals surface area contributed by atoms with E-state index in [0.29, 0.717) is 5.41 Å². The topological polar surface area (TPSA) is 12.0 Å². The quantitative estimate of drug-likeness (QED) is 0.611. The van der Waals surface area contributed by atoms with E-state index in [2.05, 4.69) is 32.7 Å². The van der Waals surface area contributed by atoms with Crippen molar-refractivity contribution in [3.8, 4) is 0 Å². The maximum Gasteiger partial charge on any atom is 0.0164 e. The molecular weight excluding hydrogens is 134 g/mol. The molecule has 1 nitrogen and oxygen atoms in total. The van der Waals surface area contributed by atoms with E-state index in [1.54, 1.807) is 0 Å². The Labute approximate surface area is 69.9 Å². The Morgan fingerprint density at radius 3 is 2.55 bits per heavy atom. The van der Waals surface area contributed by atoms with Gasteiger partial charge in [-0.3, -0.25) is 0 Å². The summed E-state index contributed by atoms with van der Waals surface area (Å²) in [6, 6.07) is 0.741. The van der Waals surface area contributed by atoms with Gasteiger partial charge in [-0.1, -0.05) is 32.9 Å². The van der Waals surface area contributed by atoms with Gasteiger partial charge < -0.3 is 5.32 Å². The first-order valence-corrected chi connectivity index (χ1v) is 4.46. The first-order valence-electron chi connectivity index (χ1n) is 4.46. The lowest BCUT2D eigenvalue weighted by atomic mass is 10.2. The van der Waals surface area contributed by atoms with E-state index in [0.717, 1.165) is 19.0 Å². The molecule has 0 radical (unpaired) electrons. The lowest BCUT2D eigenvalue weighted by molar-refractivity contribution is 0.556. The molecule has 1 unspecified atom stereocenters. The van der Waals surface area contributed by atoms with E-state index in [1.807, 2.05) is 0 Å². The van der Waals surface area contributed by atoms with Crippen LogP contribution in [0.25, 0.3) is 0 Å². The molecule has 1 N–H and O–H groups in total. The predicted octanol–water partition coefficient (Wildman–Crippen LogP) is 2.34. The SMILES string of the molecule is C=C(CC)CNC1CC1(C)C. The normalized spacial score (nSPS) is 26.6. The van der Waals surface area contributed by atoms with Crippen molar-refractivity contribution in [2.24, 2.45) is 5.41 Å². The molecule has 1 fully saturated rings. The van der Waals surface area contributed by atoms with E-state index < -0.39 is 0 Å². The molecule has 1 aliphatic carbocycles. The Bertz CT molecular complexity index is 158. The van der Waals surface area contributed by atoms with Crippen molar-refractivity contribution in [1.29, 1.82) is 0 Å². The minimum Gasteiger partial charge on any atom is -0.310 e. The van der Waals surface area contributed by atoms with E-state index in [9.17, 15) is 0 Å². The van der Waals surface area contributed by atoms with Gasteiger partial charge in [0.2, 0.25) is 0 Å². The molecule has 0 aromatic rings. The minimum absolute atomic E-state index is 0.550. The smallest absolute Gasteiger partial charge is 0.0164 e. The van der Waals surface area contributed by atoms with Crippen LogP contribution >= 0.6 is 0 Å². The second-order valence-corrected chi connectivity index (χ2v) is 4.23. The number of nitrogens with one attached hydrogen (secondary N) is 1. The highest BCUT2D eigenvalue weighted by molar-refractivity contribution is 5.05. The Kier molecular flexibility index (Phi) is 2.38. The van der Waals surface area contributed by atoms with E-state index >= 15 is 0 Å². The lowest BCUT2D eigenvalue weighted by Gasteiger charge is -2.06. The Morgan fingerprint density at radius 2 is 2.18 bits per heavy atom.